The zero-order valence-electron chi connectivity index (χ0n) is 11.9. The Morgan fingerprint density at radius 2 is 2.15 bits per heavy atom. The van der Waals surface area contributed by atoms with Crippen molar-refractivity contribution < 1.29 is 9.53 Å². The van der Waals surface area contributed by atoms with E-state index in [1.54, 1.807) is 7.11 Å². The van der Waals surface area contributed by atoms with Crippen LogP contribution in [-0.4, -0.2) is 24.1 Å². The first-order valence-electron chi connectivity index (χ1n) is 6.68. The Balaban J connectivity index is 1.77. The molecule has 0 saturated heterocycles. The number of rotatable bonds is 6. The van der Waals surface area contributed by atoms with Gasteiger partial charge in [-0.1, -0.05) is 12.1 Å². The third kappa shape index (κ3) is 4.16. The lowest BCUT2D eigenvalue weighted by atomic mass is 10.1. The van der Waals surface area contributed by atoms with E-state index in [0.717, 1.165) is 17.7 Å². The Morgan fingerprint density at radius 3 is 2.85 bits per heavy atom. The molecule has 0 atom stereocenters. The van der Waals surface area contributed by atoms with Crippen LogP contribution in [0.1, 0.15) is 11.1 Å². The monoisotopic (exact) mass is 272 g/mol. The van der Waals surface area contributed by atoms with Gasteiger partial charge in [0, 0.05) is 26.0 Å². The quantitative estimate of drug-likeness (QED) is 0.873. The van der Waals surface area contributed by atoms with Crippen LogP contribution in [0.4, 0.5) is 0 Å². The molecule has 20 heavy (non-hydrogen) atoms. The van der Waals surface area contributed by atoms with Crippen molar-refractivity contribution in [3.05, 3.63) is 53.9 Å². The first kappa shape index (κ1) is 14.2. The van der Waals surface area contributed by atoms with Crippen molar-refractivity contribution in [3.8, 4) is 5.75 Å². The lowest BCUT2D eigenvalue weighted by Gasteiger charge is -2.06. The summed E-state index contributed by atoms with van der Waals surface area (Å²) in [6, 6.07) is 9.65. The number of amides is 1. The number of benzene rings is 1. The Bertz CT molecular complexity index is 575. The third-order valence-corrected chi connectivity index (χ3v) is 3.13. The number of hydrogen-bond acceptors (Lipinski definition) is 2. The van der Waals surface area contributed by atoms with Crippen LogP contribution in [0.15, 0.2) is 42.7 Å². The zero-order chi connectivity index (χ0) is 14.4. The third-order valence-electron chi connectivity index (χ3n) is 3.13. The van der Waals surface area contributed by atoms with E-state index in [9.17, 15) is 4.79 Å². The van der Waals surface area contributed by atoms with Gasteiger partial charge < -0.3 is 14.6 Å². The average Bonchev–Trinajstić information content (AvgIpc) is 2.84. The van der Waals surface area contributed by atoms with Crippen molar-refractivity contribution >= 4 is 5.91 Å². The van der Waals surface area contributed by atoms with Crippen LogP contribution in [-0.2, 0) is 24.7 Å². The molecule has 4 nitrogen and oxygen atoms in total. The van der Waals surface area contributed by atoms with Crippen LogP contribution in [0.2, 0.25) is 0 Å². The second kappa shape index (κ2) is 6.80. The number of nitrogens with one attached hydrogen (secondary N) is 1. The van der Waals surface area contributed by atoms with E-state index in [2.05, 4.69) is 17.6 Å². The Labute approximate surface area is 119 Å². The average molecular weight is 272 g/mol. The second-order valence-electron chi connectivity index (χ2n) is 4.81. The van der Waals surface area contributed by atoms with Crippen molar-refractivity contribution in [1.82, 2.24) is 9.88 Å². The number of nitrogens with zero attached hydrogens (tertiary/aromatic N) is 1. The highest BCUT2D eigenvalue weighted by atomic mass is 16.5. The van der Waals surface area contributed by atoms with Crippen molar-refractivity contribution in [1.29, 1.82) is 0 Å². The van der Waals surface area contributed by atoms with E-state index in [4.69, 9.17) is 4.74 Å². The lowest BCUT2D eigenvalue weighted by Crippen LogP contribution is -2.27. The fourth-order valence-corrected chi connectivity index (χ4v) is 2.09. The van der Waals surface area contributed by atoms with Crippen molar-refractivity contribution in [2.75, 3.05) is 13.7 Å². The minimum absolute atomic E-state index is 0.0363. The smallest absolute Gasteiger partial charge is 0.224 e. The van der Waals surface area contributed by atoms with Gasteiger partial charge >= 0.3 is 0 Å². The van der Waals surface area contributed by atoms with E-state index in [1.807, 2.05) is 42.1 Å². The molecule has 0 fully saturated rings. The molecule has 0 bridgehead atoms. The molecule has 0 radical (unpaired) electrons. The highest BCUT2D eigenvalue weighted by molar-refractivity contribution is 5.78. The number of methoxy groups -OCH3 is 1. The fraction of sp³-hybridized carbons (Fsp3) is 0.312. The van der Waals surface area contributed by atoms with E-state index in [-0.39, 0.29) is 5.91 Å². The number of aryl methyl sites for hydroxylation is 1. The maximum atomic E-state index is 11.9. The molecule has 0 unspecified atom stereocenters. The summed E-state index contributed by atoms with van der Waals surface area (Å²) < 4.78 is 7.15. The molecule has 1 aromatic carbocycles. The minimum atomic E-state index is 0.0363. The largest absolute Gasteiger partial charge is 0.497 e. The molecule has 2 rings (SSSR count). The van der Waals surface area contributed by atoms with Gasteiger partial charge in [-0.05, 0) is 35.7 Å². The van der Waals surface area contributed by atoms with Crippen LogP contribution in [0, 0.1) is 0 Å². The van der Waals surface area contributed by atoms with Crippen LogP contribution in [0.5, 0.6) is 5.75 Å². The normalized spacial score (nSPS) is 10.3. The van der Waals surface area contributed by atoms with E-state index in [1.165, 1.54) is 5.56 Å². The van der Waals surface area contributed by atoms with Gasteiger partial charge in [-0.25, -0.2) is 0 Å². The summed E-state index contributed by atoms with van der Waals surface area (Å²) in [4.78, 5) is 11.9. The molecule has 1 heterocycles. The van der Waals surface area contributed by atoms with Gasteiger partial charge in [-0.3, -0.25) is 4.79 Å². The summed E-state index contributed by atoms with van der Waals surface area (Å²) in [5.74, 6) is 0.814. The van der Waals surface area contributed by atoms with Gasteiger partial charge in [0.1, 0.15) is 5.75 Å². The molecule has 106 valence electrons. The minimum Gasteiger partial charge on any atom is -0.497 e. The molecule has 0 aliphatic rings. The first-order chi connectivity index (χ1) is 9.67. The van der Waals surface area contributed by atoms with Gasteiger partial charge in [0.25, 0.3) is 0 Å². The van der Waals surface area contributed by atoms with Gasteiger partial charge in [0.15, 0.2) is 0 Å². The summed E-state index contributed by atoms with van der Waals surface area (Å²) in [5.41, 5.74) is 2.19. The molecule has 4 heteroatoms. The standard InChI is InChI=1S/C16H20N2O2/c1-18-9-7-13(12-18)6-8-17-16(19)11-14-4-3-5-15(10-14)20-2/h3-5,7,9-10,12H,6,8,11H2,1-2H3,(H,17,19). The number of hydrogen-bond donors (Lipinski definition) is 1. The second-order valence-corrected chi connectivity index (χ2v) is 4.81. The van der Waals surface area contributed by atoms with Gasteiger partial charge in [0.2, 0.25) is 5.91 Å². The number of aromatic nitrogens is 1. The summed E-state index contributed by atoms with van der Waals surface area (Å²) in [5, 5.41) is 2.94. The maximum absolute atomic E-state index is 11.9. The number of carbonyl (C=O) groups is 1. The van der Waals surface area contributed by atoms with Crippen molar-refractivity contribution in [2.45, 2.75) is 12.8 Å². The van der Waals surface area contributed by atoms with E-state index in [0.29, 0.717) is 13.0 Å². The lowest BCUT2D eigenvalue weighted by molar-refractivity contribution is -0.120. The van der Waals surface area contributed by atoms with E-state index < -0.39 is 0 Å². The molecule has 0 spiro atoms. The van der Waals surface area contributed by atoms with Crippen LogP contribution in [0.3, 0.4) is 0 Å². The van der Waals surface area contributed by atoms with Gasteiger partial charge in [-0.15, -0.1) is 0 Å². The molecular formula is C16H20N2O2. The van der Waals surface area contributed by atoms with Crippen molar-refractivity contribution in [2.24, 2.45) is 7.05 Å². The molecule has 1 amide bonds. The molecule has 0 aliphatic heterocycles. The topological polar surface area (TPSA) is 43.3 Å². The maximum Gasteiger partial charge on any atom is 0.224 e. The summed E-state index contributed by atoms with van der Waals surface area (Å²) in [6.07, 6.45) is 5.30. The molecule has 0 saturated carbocycles. The summed E-state index contributed by atoms with van der Waals surface area (Å²) in [6.45, 7) is 0.660. The summed E-state index contributed by atoms with van der Waals surface area (Å²) >= 11 is 0. The molecular weight excluding hydrogens is 252 g/mol. The number of carbonyl (C=O) groups excluding carboxylic acids is 1. The van der Waals surface area contributed by atoms with Crippen LogP contribution >= 0.6 is 0 Å². The number of ether oxygens (including phenoxy) is 1. The highest BCUT2D eigenvalue weighted by Gasteiger charge is 2.04. The molecule has 2 aromatic rings. The Hall–Kier alpha value is -2.23. The van der Waals surface area contributed by atoms with Gasteiger partial charge in [0.05, 0.1) is 13.5 Å². The summed E-state index contributed by atoms with van der Waals surface area (Å²) in [7, 11) is 3.61. The predicted molar refractivity (Wildman–Crippen MR) is 78.8 cm³/mol. The molecule has 1 N–H and O–H groups in total. The van der Waals surface area contributed by atoms with Crippen LogP contribution in [0.25, 0.3) is 0 Å². The molecule has 0 aliphatic carbocycles. The fourth-order valence-electron chi connectivity index (χ4n) is 2.09. The highest BCUT2D eigenvalue weighted by Crippen LogP contribution is 2.12. The first-order valence-corrected chi connectivity index (χ1v) is 6.68. The van der Waals surface area contributed by atoms with Crippen LogP contribution < -0.4 is 10.1 Å². The Morgan fingerprint density at radius 1 is 1.30 bits per heavy atom. The van der Waals surface area contributed by atoms with Crippen molar-refractivity contribution in [3.63, 3.8) is 0 Å². The van der Waals surface area contributed by atoms with Gasteiger partial charge in [-0.2, -0.15) is 0 Å². The SMILES string of the molecule is COc1cccc(CC(=O)NCCc2ccn(C)c2)c1. The Kier molecular flexibility index (Phi) is 4.82. The molecule has 1 aromatic heterocycles. The van der Waals surface area contributed by atoms with E-state index >= 15 is 0 Å². The predicted octanol–water partition coefficient (Wildman–Crippen LogP) is 1.94. The zero-order valence-corrected chi connectivity index (χ0v) is 11.9.